The molecule has 0 spiro atoms. The Morgan fingerprint density at radius 3 is 2.58 bits per heavy atom. The lowest BCUT2D eigenvalue weighted by Crippen LogP contribution is -2.41. The number of anilines is 1. The molecule has 0 unspecified atom stereocenters. The van der Waals surface area contributed by atoms with Gasteiger partial charge in [0.1, 0.15) is 5.75 Å². The van der Waals surface area contributed by atoms with Crippen LogP contribution < -0.4 is 20.1 Å². The van der Waals surface area contributed by atoms with Crippen molar-refractivity contribution in [3.8, 4) is 17.2 Å². The number of nitrogens with one attached hydrogen (secondary N) is 2. The van der Waals surface area contributed by atoms with Crippen LogP contribution in [0, 0.1) is 0 Å². The normalized spacial score (nSPS) is 16.6. The SMILES string of the molecule is COc1ccccc1Oc1ccc(NC(=O)NC[C@H]2COCCO2)cc1. The van der Waals surface area contributed by atoms with E-state index in [1.807, 2.05) is 24.3 Å². The number of hydrogen-bond acceptors (Lipinski definition) is 5. The summed E-state index contributed by atoms with van der Waals surface area (Å²) in [4.78, 5) is 11.9. The van der Waals surface area contributed by atoms with Crippen LogP contribution in [0.15, 0.2) is 48.5 Å². The molecule has 0 bridgehead atoms. The van der Waals surface area contributed by atoms with Gasteiger partial charge >= 0.3 is 6.03 Å². The lowest BCUT2D eigenvalue weighted by Gasteiger charge is -2.23. The summed E-state index contributed by atoms with van der Waals surface area (Å²) >= 11 is 0. The Balaban J connectivity index is 1.50. The molecule has 7 nitrogen and oxygen atoms in total. The van der Waals surface area contributed by atoms with Crippen LogP contribution in [0.25, 0.3) is 0 Å². The first-order valence-corrected chi connectivity index (χ1v) is 8.40. The van der Waals surface area contributed by atoms with Crippen LogP contribution in [0.4, 0.5) is 10.5 Å². The molecule has 0 aromatic heterocycles. The van der Waals surface area contributed by atoms with Gasteiger partial charge in [-0.3, -0.25) is 0 Å². The minimum atomic E-state index is -0.294. The van der Waals surface area contributed by atoms with Gasteiger partial charge < -0.3 is 29.6 Å². The van der Waals surface area contributed by atoms with E-state index in [4.69, 9.17) is 18.9 Å². The predicted octanol–water partition coefficient (Wildman–Crippen LogP) is 3.02. The molecule has 3 rings (SSSR count). The molecule has 1 atom stereocenters. The molecule has 0 aliphatic carbocycles. The molecular formula is C19H22N2O5. The molecule has 0 radical (unpaired) electrons. The number of hydrogen-bond donors (Lipinski definition) is 2. The number of benzene rings is 2. The topological polar surface area (TPSA) is 78.1 Å². The van der Waals surface area contributed by atoms with Crippen molar-refractivity contribution in [3.63, 3.8) is 0 Å². The third-order valence-electron chi connectivity index (χ3n) is 3.78. The van der Waals surface area contributed by atoms with Gasteiger partial charge in [-0.25, -0.2) is 4.79 Å². The molecule has 0 saturated carbocycles. The molecule has 1 fully saturated rings. The fourth-order valence-electron chi connectivity index (χ4n) is 2.47. The first kappa shape index (κ1) is 18.0. The number of urea groups is 1. The van der Waals surface area contributed by atoms with Gasteiger partial charge in [-0.15, -0.1) is 0 Å². The number of rotatable bonds is 6. The largest absolute Gasteiger partial charge is 0.493 e. The predicted molar refractivity (Wildman–Crippen MR) is 97.1 cm³/mol. The van der Waals surface area contributed by atoms with Crippen LogP contribution in [-0.2, 0) is 9.47 Å². The van der Waals surface area contributed by atoms with Gasteiger partial charge in [0.05, 0.1) is 33.0 Å². The van der Waals surface area contributed by atoms with Crippen molar-refractivity contribution in [2.45, 2.75) is 6.10 Å². The summed E-state index contributed by atoms with van der Waals surface area (Å²) in [6, 6.07) is 14.2. The fourth-order valence-corrected chi connectivity index (χ4v) is 2.47. The molecule has 2 aromatic rings. The maximum atomic E-state index is 11.9. The first-order chi connectivity index (χ1) is 12.7. The second-order valence-corrected chi connectivity index (χ2v) is 5.68. The molecule has 1 aliphatic rings. The summed E-state index contributed by atoms with van der Waals surface area (Å²) in [6.45, 7) is 2.06. The van der Waals surface area contributed by atoms with Crippen LogP contribution in [0.1, 0.15) is 0 Å². The molecule has 7 heteroatoms. The lowest BCUT2D eigenvalue weighted by molar-refractivity contribution is -0.0852. The summed E-state index contributed by atoms with van der Waals surface area (Å²) in [7, 11) is 1.60. The number of ether oxygens (including phenoxy) is 4. The quantitative estimate of drug-likeness (QED) is 0.830. The Bertz CT molecular complexity index is 714. The van der Waals surface area contributed by atoms with Gasteiger partial charge in [0.15, 0.2) is 11.5 Å². The zero-order valence-corrected chi connectivity index (χ0v) is 14.6. The van der Waals surface area contributed by atoms with Crippen molar-refractivity contribution < 1.29 is 23.7 Å². The molecule has 1 aliphatic heterocycles. The van der Waals surface area contributed by atoms with Crippen LogP contribution in [0.3, 0.4) is 0 Å². The molecule has 1 heterocycles. The van der Waals surface area contributed by atoms with E-state index in [1.54, 1.807) is 31.4 Å². The number of amides is 2. The molecule has 138 valence electrons. The Morgan fingerprint density at radius 1 is 1.12 bits per heavy atom. The van der Waals surface area contributed by atoms with E-state index < -0.39 is 0 Å². The van der Waals surface area contributed by atoms with Gasteiger partial charge in [0, 0.05) is 12.2 Å². The molecule has 26 heavy (non-hydrogen) atoms. The zero-order valence-electron chi connectivity index (χ0n) is 14.6. The van der Waals surface area contributed by atoms with E-state index >= 15 is 0 Å². The summed E-state index contributed by atoms with van der Waals surface area (Å²) < 4.78 is 21.8. The first-order valence-electron chi connectivity index (χ1n) is 8.40. The van der Waals surface area contributed by atoms with Gasteiger partial charge in [0.2, 0.25) is 0 Å². The van der Waals surface area contributed by atoms with Gasteiger partial charge in [-0.05, 0) is 36.4 Å². The Kier molecular flexibility index (Phi) is 6.29. The Morgan fingerprint density at radius 2 is 1.88 bits per heavy atom. The summed E-state index contributed by atoms with van der Waals surface area (Å²) in [5.41, 5.74) is 0.663. The Labute approximate surface area is 152 Å². The monoisotopic (exact) mass is 358 g/mol. The summed E-state index contributed by atoms with van der Waals surface area (Å²) in [5, 5.41) is 5.54. The van der Waals surface area contributed by atoms with Gasteiger partial charge in [0.25, 0.3) is 0 Å². The van der Waals surface area contributed by atoms with E-state index in [-0.39, 0.29) is 12.1 Å². The maximum Gasteiger partial charge on any atom is 0.319 e. The highest BCUT2D eigenvalue weighted by molar-refractivity contribution is 5.89. The number of carbonyl (C=O) groups excluding carboxylic acids is 1. The van der Waals surface area contributed by atoms with Crippen LogP contribution in [0.2, 0.25) is 0 Å². The second-order valence-electron chi connectivity index (χ2n) is 5.68. The average Bonchev–Trinajstić information content (AvgIpc) is 2.69. The highest BCUT2D eigenvalue weighted by Crippen LogP contribution is 2.31. The highest BCUT2D eigenvalue weighted by atomic mass is 16.6. The fraction of sp³-hybridized carbons (Fsp3) is 0.316. The van der Waals surface area contributed by atoms with Crippen molar-refractivity contribution in [2.24, 2.45) is 0 Å². The van der Waals surface area contributed by atoms with Crippen LogP contribution in [-0.4, -0.2) is 45.6 Å². The zero-order chi connectivity index (χ0) is 18.2. The Hall–Kier alpha value is -2.77. The van der Waals surface area contributed by atoms with Crippen molar-refractivity contribution in [1.29, 1.82) is 0 Å². The molecule has 2 amide bonds. The maximum absolute atomic E-state index is 11.9. The molecule has 2 aromatic carbocycles. The van der Waals surface area contributed by atoms with E-state index in [9.17, 15) is 4.79 Å². The van der Waals surface area contributed by atoms with Crippen LogP contribution in [0.5, 0.6) is 17.2 Å². The second kappa shape index (κ2) is 9.07. The van der Waals surface area contributed by atoms with Crippen molar-refractivity contribution in [2.75, 3.05) is 38.8 Å². The van der Waals surface area contributed by atoms with Crippen molar-refractivity contribution in [3.05, 3.63) is 48.5 Å². The van der Waals surface area contributed by atoms with Crippen molar-refractivity contribution >= 4 is 11.7 Å². The highest BCUT2D eigenvalue weighted by Gasteiger charge is 2.15. The van der Waals surface area contributed by atoms with Gasteiger partial charge in [-0.1, -0.05) is 12.1 Å². The molecule has 2 N–H and O–H groups in total. The molecule has 1 saturated heterocycles. The standard InChI is InChI=1S/C19H22N2O5/c1-23-17-4-2-3-5-18(17)26-15-8-6-14(7-9-15)21-19(22)20-12-16-13-24-10-11-25-16/h2-9,16H,10-13H2,1H3,(H2,20,21,22)/t16-/m0/s1. The van der Waals surface area contributed by atoms with Crippen molar-refractivity contribution in [1.82, 2.24) is 5.32 Å². The van der Waals surface area contributed by atoms with Gasteiger partial charge in [-0.2, -0.15) is 0 Å². The lowest BCUT2D eigenvalue weighted by atomic mass is 10.3. The van der Waals surface area contributed by atoms with Crippen LogP contribution >= 0.6 is 0 Å². The third kappa shape index (κ3) is 5.11. The number of methoxy groups -OCH3 is 1. The summed E-state index contributed by atoms with van der Waals surface area (Å²) in [6.07, 6.45) is -0.105. The van der Waals surface area contributed by atoms with E-state index in [1.165, 1.54) is 0 Å². The molecular weight excluding hydrogens is 336 g/mol. The minimum absolute atomic E-state index is 0.105. The van der Waals surface area contributed by atoms with E-state index in [2.05, 4.69) is 10.6 Å². The summed E-state index contributed by atoms with van der Waals surface area (Å²) in [5.74, 6) is 1.93. The van der Waals surface area contributed by atoms with E-state index in [0.29, 0.717) is 49.3 Å². The smallest absolute Gasteiger partial charge is 0.319 e. The number of para-hydroxylation sites is 2. The average molecular weight is 358 g/mol. The number of carbonyl (C=O) groups is 1. The van der Waals surface area contributed by atoms with E-state index in [0.717, 1.165) is 0 Å². The minimum Gasteiger partial charge on any atom is -0.493 e. The third-order valence-corrected chi connectivity index (χ3v) is 3.78.